The zero-order valence-corrected chi connectivity index (χ0v) is 14.9. The van der Waals surface area contributed by atoms with Gasteiger partial charge >= 0.3 is 5.97 Å². The smallest absolute Gasteiger partial charge is 0.311 e. The summed E-state index contributed by atoms with van der Waals surface area (Å²) >= 11 is 1.28. The number of nitro groups is 1. The molecule has 0 heterocycles. The van der Waals surface area contributed by atoms with Gasteiger partial charge in [-0.1, -0.05) is 19.3 Å². The summed E-state index contributed by atoms with van der Waals surface area (Å²) in [6, 6.07) is 6.00. The van der Waals surface area contributed by atoms with Crippen molar-refractivity contribution in [2.24, 2.45) is 5.41 Å². The predicted molar refractivity (Wildman–Crippen MR) is 94.6 cm³/mol. The summed E-state index contributed by atoms with van der Waals surface area (Å²) in [6.07, 6.45) is 3.96. The number of hydrogen-bond donors (Lipinski definition) is 2. The van der Waals surface area contributed by atoms with Crippen LogP contribution in [0.25, 0.3) is 0 Å². The molecule has 1 amide bonds. The first-order chi connectivity index (χ1) is 11.8. The van der Waals surface area contributed by atoms with Crippen LogP contribution in [0, 0.1) is 15.5 Å². The highest BCUT2D eigenvalue weighted by Crippen LogP contribution is 2.36. The molecule has 1 saturated carbocycles. The van der Waals surface area contributed by atoms with E-state index in [1.165, 1.54) is 23.9 Å². The van der Waals surface area contributed by atoms with E-state index in [1.807, 2.05) is 0 Å². The zero-order chi connectivity index (χ0) is 18.4. The lowest BCUT2D eigenvalue weighted by Gasteiger charge is -2.33. The molecule has 8 heteroatoms. The van der Waals surface area contributed by atoms with Gasteiger partial charge in [0.15, 0.2) is 0 Å². The van der Waals surface area contributed by atoms with Crippen molar-refractivity contribution < 1.29 is 19.6 Å². The Bertz CT molecular complexity index is 641. The van der Waals surface area contributed by atoms with Gasteiger partial charge in [-0.05, 0) is 31.9 Å². The number of carboxylic acid groups (broad SMARTS) is 1. The van der Waals surface area contributed by atoms with Crippen molar-refractivity contribution in [2.45, 2.75) is 49.2 Å². The van der Waals surface area contributed by atoms with Crippen LogP contribution in [0.4, 0.5) is 5.69 Å². The Morgan fingerprint density at radius 1 is 1.28 bits per heavy atom. The number of amides is 1. The average molecular weight is 366 g/mol. The molecule has 2 N–H and O–H groups in total. The van der Waals surface area contributed by atoms with Gasteiger partial charge in [0.05, 0.1) is 15.6 Å². The zero-order valence-electron chi connectivity index (χ0n) is 14.1. The van der Waals surface area contributed by atoms with Gasteiger partial charge < -0.3 is 10.4 Å². The predicted octanol–water partition coefficient (Wildman–Crippen LogP) is 3.23. The van der Waals surface area contributed by atoms with Crippen molar-refractivity contribution in [1.82, 2.24) is 5.32 Å². The molecule has 2 rings (SSSR count). The lowest BCUT2D eigenvalue weighted by Crippen LogP contribution is -2.46. The number of nitrogens with one attached hydrogen (secondary N) is 1. The van der Waals surface area contributed by atoms with Gasteiger partial charge in [-0.25, -0.2) is 0 Å². The minimum Gasteiger partial charge on any atom is -0.481 e. The van der Waals surface area contributed by atoms with Gasteiger partial charge in [0, 0.05) is 23.6 Å². The molecule has 7 nitrogen and oxygen atoms in total. The highest BCUT2D eigenvalue weighted by atomic mass is 32.2. The molecule has 0 aliphatic heterocycles. The number of aliphatic carboxylic acids is 1. The lowest BCUT2D eigenvalue weighted by atomic mass is 9.74. The first-order valence-corrected chi connectivity index (χ1v) is 9.14. The Morgan fingerprint density at radius 2 is 1.88 bits per heavy atom. The molecule has 1 atom stereocenters. The van der Waals surface area contributed by atoms with Crippen molar-refractivity contribution in [1.29, 1.82) is 0 Å². The highest BCUT2D eigenvalue weighted by Gasteiger charge is 2.40. The summed E-state index contributed by atoms with van der Waals surface area (Å²) in [7, 11) is 0. The number of rotatable bonds is 7. The number of benzene rings is 1. The van der Waals surface area contributed by atoms with Crippen LogP contribution < -0.4 is 5.32 Å². The molecule has 0 bridgehead atoms. The Labute approximate surface area is 150 Å². The standard InChI is InChI=1S/C17H22N2O5S/c1-12(25-14-7-5-13(6-8-14)19(23)24)15(20)18-11-17(16(21)22)9-3-2-4-10-17/h5-8,12H,2-4,9-11H2,1H3,(H,18,20)(H,21,22). The molecule has 1 fully saturated rings. The van der Waals surface area contributed by atoms with E-state index in [1.54, 1.807) is 19.1 Å². The molecule has 0 spiro atoms. The van der Waals surface area contributed by atoms with Gasteiger partial charge in [-0.2, -0.15) is 0 Å². The van der Waals surface area contributed by atoms with Gasteiger partial charge in [0.1, 0.15) is 0 Å². The Kier molecular flexibility index (Phi) is 6.41. The maximum atomic E-state index is 12.3. The van der Waals surface area contributed by atoms with Crippen molar-refractivity contribution in [3.63, 3.8) is 0 Å². The molecule has 1 aromatic carbocycles. The summed E-state index contributed by atoms with van der Waals surface area (Å²) in [5, 5.41) is 22.5. The van der Waals surface area contributed by atoms with E-state index in [9.17, 15) is 24.8 Å². The Morgan fingerprint density at radius 3 is 2.40 bits per heavy atom. The van der Waals surface area contributed by atoms with Gasteiger partial charge in [-0.3, -0.25) is 19.7 Å². The second-order valence-electron chi connectivity index (χ2n) is 6.38. The molecule has 0 radical (unpaired) electrons. The summed E-state index contributed by atoms with van der Waals surface area (Å²) in [6.45, 7) is 1.88. The lowest BCUT2D eigenvalue weighted by molar-refractivity contribution is -0.384. The molecule has 136 valence electrons. The Hall–Kier alpha value is -2.09. The largest absolute Gasteiger partial charge is 0.481 e. The van der Waals surface area contributed by atoms with Crippen molar-refractivity contribution >= 4 is 29.3 Å². The van der Waals surface area contributed by atoms with E-state index in [0.29, 0.717) is 12.8 Å². The number of carboxylic acids is 1. The van der Waals surface area contributed by atoms with E-state index in [-0.39, 0.29) is 18.1 Å². The third-order valence-electron chi connectivity index (χ3n) is 4.59. The van der Waals surface area contributed by atoms with Crippen LogP contribution in [-0.2, 0) is 9.59 Å². The van der Waals surface area contributed by atoms with E-state index in [0.717, 1.165) is 24.2 Å². The fourth-order valence-corrected chi connectivity index (χ4v) is 3.89. The van der Waals surface area contributed by atoms with Crippen molar-refractivity contribution in [3.05, 3.63) is 34.4 Å². The molecule has 0 saturated heterocycles. The second kappa shape index (κ2) is 8.33. The minimum absolute atomic E-state index is 0.00199. The number of carbonyl (C=O) groups is 2. The first kappa shape index (κ1) is 19.2. The van der Waals surface area contributed by atoms with Crippen molar-refractivity contribution in [3.8, 4) is 0 Å². The number of non-ortho nitro benzene ring substituents is 1. The molecule has 1 aromatic rings. The number of carbonyl (C=O) groups excluding carboxylic acids is 1. The summed E-state index contributed by atoms with van der Waals surface area (Å²) in [4.78, 5) is 34.8. The summed E-state index contributed by atoms with van der Waals surface area (Å²) in [5.74, 6) is -1.07. The molecular formula is C17H22N2O5S. The number of thioether (sulfide) groups is 1. The maximum absolute atomic E-state index is 12.3. The number of hydrogen-bond acceptors (Lipinski definition) is 5. The molecule has 1 unspecified atom stereocenters. The van der Waals surface area contributed by atoms with Gasteiger partial charge in [0.2, 0.25) is 5.91 Å². The van der Waals surface area contributed by atoms with Crippen molar-refractivity contribution in [2.75, 3.05) is 6.54 Å². The van der Waals surface area contributed by atoms with Crippen LogP contribution in [0.5, 0.6) is 0 Å². The number of nitrogens with zero attached hydrogens (tertiary/aromatic N) is 1. The molecular weight excluding hydrogens is 344 g/mol. The quantitative estimate of drug-likeness (QED) is 0.435. The van der Waals surface area contributed by atoms with Crippen LogP contribution in [0.3, 0.4) is 0 Å². The average Bonchev–Trinajstić information content (AvgIpc) is 2.60. The van der Waals surface area contributed by atoms with Crippen LogP contribution in [-0.4, -0.2) is 33.7 Å². The summed E-state index contributed by atoms with van der Waals surface area (Å²) < 4.78 is 0. The third-order valence-corrected chi connectivity index (χ3v) is 5.71. The topological polar surface area (TPSA) is 110 Å². The summed E-state index contributed by atoms with van der Waals surface area (Å²) in [5.41, 5.74) is -0.854. The molecule has 1 aliphatic rings. The van der Waals surface area contributed by atoms with Gasteiger partial charge in [-0.15, -0.1) is 11.8 Å². The third kappa shape index (κ3) is 4.94. The monoisotopic (exact) mass is 366 g/mol. The molecule has 0 aromatic heterocycles. The van der Waals surface area contributed by atoms with Crippen LogP contribution in [0.15, 0.2) is 29.2 Å². The van der Waals surface area contributed by atoms with E-state index in [4.69, 9.17) is 0 Å². The maximum Gasteiger partial charge on any atom is 0.311 e. The molecule has 1 aliphatic carbocycles. The molecule has 25 heavy (non-hydrogen) atoms. The fraction of sp³-hybridized carbons (Fsp3) is 0.529. The minimum atomic E-state index is -0.856. The van der Waals surface area contributed by atoms with Gasteiger partial charge in [0.25, 0.3) is 5.69 Å². The SMILES string of the molecule is CC(Sc1ccc([N+](=O)[O-])cc1)C(=O)NCC1(C(=O)O)CCCCC1. The van der Waals surface area contributed by atoms with E-state index >= 15 is 0 Å². The van der Waals surface area contributed by atoms with Crippen LogP contribution in [0.1, 0.15) is 39.0 Å². The normalized spacial score (nSPS) is 17.5. The number of nitro benzene ring substituents is 1. The van der Waals surface area contributed by atoms with E-state index < -0.39 is 21.6 Å². The van der Waals surface area contributed by atoms with E-state index in [2.05, 4.69) is 5.32 Å². The van der Waals surface area contributed by atoms with Crippen LogP contribution >= 0.6 is 11.8 Å². The first-order valence-electron chi connectivity index (χ1n) is 8.26. The Balaban J connectivity index is 1.91. The second-order valence-corrected chi connectivity index (χ2v) is 7.79. The van der Waals surface area contributed by atoms with Crippen LogP contribution in [0.2, 0.25) is 0 Å². The highest BCUT2D eigenvalue weighted by molar-refractivity contribution is 8.00. The fourth-order valence-electron chi connectivity index (χ4n) is 3.00.